The topological polar surface area (TPSA) is 38.0 Å². The Balaban J connectivity index is 2.30. The van der Waals surface area contributed by atoms with Crippen LogP contribution >= 0.6 is 0 Å². The predicted octanol–water partition coefficient (Wildman–Crippen LogP) is 2.60. The summed E-state index contributed by atoms with van der Waals surface area (Å²) in [6, 6.07) is 15.0. The van der Waals surface area contributed by atoms with Gasteiger partial charge in [-0.3, -0.25) is 0 Å². The van der Waals surface area contributed by atoms with E-state index in [4.69, 9.17) is 5.73 Å². The van der Waals surface area contributed by atoms with Crippen molar-refractivity contribution in [1.82, 2.24) is 0 Å². The quantitative estimate of drug-likeness (QED) is 0.799. The minimum absolute atomic E-state index is 0.311. The van der Waals surface area contributed by atoms with Gasteiger partial charge in [0.2, 0.25) is 0 Å². The minimum Gasteiger partial charge on any atom is -0.381 e. The summed E-state index contributed by atoms with van der Waals surface area (Å²) in [5.74, 6) is 0. The molecule has 0 heterocycles. The molecule has 2 heteroatoms. The van der Waals surface area contributed by atoms with Gasteiger partial charge < -0.3 is 11.1 Å². The molecule has 2 nitrogen and oxygen atoms in total. The van der Waals surface area contributed by atoms with Crippen LogP contribution in [0.1, 0.15) is 6.92 Å². The zero-order valence-electron chi connectivity index (χ0n) is 8.90. The molecule has 78 valence electrons. The van der Waals surface area contributed by atoms with Crippen molar-refractivity contribution in [2.75, 3.05) is 11.9 Å². The molecule has 0 radical (unpaired) electrons. The van der Waals surface area contributed by atoms with E-state index in [-0.39, 0.29) is 0 Å². The average molecular weight is 200 g/mol. The van der Waals surface area contributed by atoms with Crippen LogP contribution in [0.3, 0.4) is 0 Å². The minimum atomic E-state index is 0.311. The van der Waals surface area contributed by atoms with E-state index in [0.717, 1.165) is 5.69 Å². The van der Waals surface area contributed by atoms with Crippen LogP contribution in [0.4, 0.5) is 5.69 Å². The molecule has 0 aliphatic heterocycles. The molecule has 0 aromatic heterocycles. The number of rotatable bonds is 3. The van der Waals surface area contributed by atoms with Crippen molar-refractivity contribution < 1.29 is 0 Å². The van der Waals surface area contributed by atoms with Crippen molar-refractivity contribution in [1.29, 1.82) is 0 Å². The molecule has 0 aliphatic rings. The Morgan fingerprint density at radius 1 is 1.13 bits per heavy atom. The van der Waals surface area contributed by atoms with E-state index in [2.05, 4.69) is 54.7 Å². The maximum absolute atomic E-state index is 5.57. The zero-order chi connectivity index (χ0) is 10.7. The number of hydrogen-bond donors (Lipinski definition) is 2. The molecule has 0 saturated heterocycles. The Morgan fingerprint density at radius 3 is 2.60 bits per heavy atom. The summed E-state index contributed by atoms with van der Waals surface area (Å²) in [6.07, 6.45) is 0. The van der Waals surface area contributed by atoms with Crippen LogP contribution in [0.25, 0.3) is 10.8 Å². The van der Waals surface area contributed by atoms with E-state index in [1.54, 1.807) is 0 Å². The number of nitrogens with one attached hydrogen (secondary N) is 1. The highest BCUT2D eigenvalue weighted by Gasteiger charge is 1.99. The normalized spacial score (nSPS) is 12.7. The highest BCUT2D eigenvalue weighted by molar-refractivity contribution is 5.85. The summed E-state index contributed by atoms with van der Waals surface area (Å²) >= 11 is 0. The molecular formula is C13H16N2. The fraction of sp³-hybridized carbons (Fsp3) is 0.231. The Kier molecular flexibility index (Phi) is 2.88. The third-order valence-corrected chi connectivity index (χ3v) is 2.52. The number of nitrogens with two attached hydrogens (primary N) is 1. The van der Waals surface area contributed by atoms with E-state index < -0.39 is 0 Å². The lowest BCUT2D eigenvalue weighted by atomic mass is 10.1. The average Bonchev–Trinajstić information content (AvgIpc) is 2.29. The lowest BCUT2D eigenvalue weighted by Crippen LogP contribution is -2.24. The standard InChI is InChI=1S/C13H16N2/c1-10(9-14)15-13-7-6-11-4-2-3-5-12(11)8-13/h2-8,10,15H,9,14H2,1H3. The SMILES string of the molecule is CC(CN)Nc1ccc2ccccc2c1. The second-order valence-electron chi connectivity index (χ2n) is 3.84. The number of benzene rings is 2. The van der Waals surface area contributed by atoms with Gasteiger partial charge in [-0.2, -0.15) is 0 Å². The smallest absolute Gasteiger partial charge is 0.0355 e. The van der Waals surface area contributed by atoms with Crippen LogP contribution in [0.5, 0.6) is 0 Å². The van der Waals surface area contributed by atoms with E-state index in [9.17, 15) is 0 Å². The molecule has 0 spiro atoms. The first-order valence-corrected chi connectivity index (χ1v) is 5.25. The van der Waals surface area contributed by atoms with Crippen molar-refractivity contribution in [3.63, 3.8) is 0 Å². The van der Waals surface area contributed by atoms with Gasteiger partial charge in [-0.25, -0.2) is 0 Å². The molecule has 2 rings (SSSR count). The van der Waals surface area contributed by atoms with E-state index in [1.165, 1.54) is 10.8 Å². The first-order valence-electron chi connectivity index (χ1n) is 5.25. The molecule has 2 aromatic rings. The molecule has 15 heavy (non-hydrogen) atoms. The van der Waals surface area contributed by atoms with E-state index in [0.29, 0.717) is 12.6 Å². The fourth-order valence-electron chi connectivity index (χ4n) is 1.62. The lowest BCUT2D eigenvalue weighted by molar-refractivity contribution is 0.804. The van der Waals surface area contributed by atoms with E-state index in [1.807, 2.05) is 0 Å². The van der Waals surface area contributed by atoms with Crippen LogP contribution in [0.2, 0.25) is 0 Å². The second-order valence-corrected chi connectivity index (χ2v) is 3.84. The summed E-state index contributed by atoms with van der Waals surface area (Å²) in [5, 5.41) is 5.88. The van der Waals surface area contributed by atoms with Crippen molar-refractivity contribution in [2.45, 2.75) is 13.0 Å². The monoisotopic (exact) mass is 200 g/mol. The van der Waals surface area contributed by atoms with Crippen molar-refractivity contribution >= 4 is 16.5 Å². The summed E-state index contributed by atoms with van der Waals surface area (Å²) in [7, 11) is 0. The van der Waals surface area contributed by atoms with Gasteiger partial charge in [-0.15, -0.1) is 0 Å². The van der Waals surface area contributed by atoms with Gasteiger partial charge >= 0.3 is 0 Å². The van der Waals surface area contributed by atoms with Gasteiger partial charge in [0, 0.05) is 18.3 Å². The molecule has 0 bridgehead atoms. The predicted molar refractivity (Wildman–Crippen MR) is 66.1 cm³/mol. The van der Waals surface area contributed by atoms with Crippen LogP contribution in [-0.2, 0) is 0 Å². The van der Waals surface area contributed by atoms with Crippen LogP contribution in [-0.4, -0.2) is 12.6 Å². The summed E-state index contributed by atoms with van der Waals surface area (Å²) < 4.78 is 0. The van der Waals surface area contributed by atoms with Gasteiger partial charge in [-0.05, 0) is 29.8 Å². The number of anilines is 1. The highest BCUT2D eigenvalue weighted by atomic mass is 14.9. The third-order valence-electron chi connectivity index (χ3n) is 2.52. The number of hydrogen-bond acceptors (Lipinski definition) is 2. The molecule has 2 aromatic carbocycles. The van der Waals surface area contributed by atoms with Crippen molar-refractivity contribution in [3.05, 3.63) is 42.5 Å². The molecule has 1 unspecified atom stereocenters. The fourth-order valence-corrected chi connectivity index (χ4v) is 1.62. The molecular weight excluding hydrogens is 184 g/mol. The highest BCUT2D eigenvalue weighted by Crippen LogP contribution is 2.19. The van der Waals surface area contributed by atoms with Crippen molar-refractivity contribution in [2.24, 2.45) is 5.73 Å². The second kappa shape index (κ2) is 4.32. The Hall–Kier alpha value is -1.54. The first kappa shape index (κ1) is 9.99. The summed E-state index contributed by atoms with van der Waals surface area (Å²) in [5.41, 5.74) is 6.70. The molecule has 1 atom stereocenters. The maximum atomic E-state index is 5.57. The zero-order valence-corrected chi connectivity index (χ0v) is 8.90. The summed E-state index contributed by atoms with van der Waals surface area (Å²) in [6.45, 7) is 2.72. The molecule has 0 fully saturated rings. The molecule has 0 amide bonds. The van der Waals surface area contributed by atoms with Crippen LogP contribution in [0.15, 0.2) is 42.5 Å². The van der Waals surface area contributed by atoms with Crippen molar-refractivity contribution in [3.8, 4) is 0 Å². The van der Waals surface area contributed by atoms with Gasteiger partial charge in [-0.1, -0.05) is 30.3 Å². The van der Waals surface area contributed by atoms with Gasteiger partial charge in [0.25, 0.3) is 0 Å². The molecule has 0 saturated carbocycles. The van der Waals surface area contributed by atoms with E-state index >= 15 is 0 Å². The third kappa shape index (κ3) is 2.28. The first-order chi connectivity index (χ1) is 7.29. The Morgan fingerprint density at radius 2 is 1.87 bits per heavy atom. The largest absolute Gasteiger partial charge is 0.381 e. The Labute approximate surface area is 90.1 Å². The summed E-state index contributed by atoms with van der Waals surface area (Å²) in [4.78, 5) is 0. The van der Waals surface area contributed by atoms with Gasteiger partial charge in [0.05, 0.1) is 0 Å². The van der Waals surface area contributed by atoms with Gasteiger partial charge in [0.1, 0.15) is 0 Å². The number of fused-ring (bicyclic) bond motifs is 1. The lowest BCUT2D eigenvalue weighted by Gasteiger charge is -2.13. The van der Waals surface area contributed by atoms with Crippen LogP contribution < -0.4 is 11.1 Å². The van der Waals surface area contributed by atoms with Crippen LogP contribution in [0, 0.1) is 0 Å². The Bertz CT molecular complexity index is 451. The molecule has 0 aliphatic carbocycles. The molecule has 3 N–H and O–H groups in total. The maximum Gasteiger partial charge on any atom is 0.0355 e. The van der Waals surface area contributed by atoms with Gasteiger partial charge in [0.15, 0.2) is 0 Å².